The molecule has 0 bridgehead atoms. The molecule has 4 aromatic carbocycles. The molecule has 0 spiro atoms. The summed E-state index contributed by atoms with van der Waals surface area (Å²) in [5.41, 5.74) is 7.39. The lowest BCUT2D eigenvalue weighted by atomic mass is 10.0. The lowest BCUT2D eigenvalue weighted by Gasteiger charge is -2.36. The first-order chi connectivity index (χ1) is 58.2. The zero-order chi connectivity index (χ0) is 89.5. The van der Waals surface area contributed by atoms with Gasteiger partial charge in [0.05, 0.1) is 50.5 Å². The van der Waals surface area contributed by atoms with E-state index in [0.29, 0.717) is 32.1 Å². The Labute approximate surface area is 717 Å². The number of nitrogens with zero attached hydrogens (tertiary/aromatic N) is 8. The predicted molar refractivity (Wildman–Crippen MR) is 437 cm³/mol. The minimum atomic E-state index is -1.02. The number of anilines is 2. The molecule has 37 nitrogen and oxygen atoms in total. The number of esters is 4. The second-order valence-corrected chi connectivity index (χ2v) is 32.5. The molecule has 7 saturated heterocycles. The summed E-state index contributed by atoms with van der Waals surface area (Å²) >= 11 is 0. The number of piperazine rings is 3. The number of fused-ring (bicyclic) bond motifs is 4. The van der Waals surface area contributed by atoms with Gasteiger partial charge >= 0.3 is 29.8 Å². The van der Waals surface area contributed by atoms with Crippen LogP contribution in [0.5, 0.6) is 0 Å². The number of carbonyl (C=O) groups is 19. The molecule has 4 atom stereocenters. The summed E-state index contributed by atoms with van der Waals surface area (Å²) < 4.78 is 40.6. The van der Waals surface area contributed by atoms with Crippen molar-refractivity contribution >= 4 is 136 Å². The summed E-state index contributed by atoms with van der Waals surface area (Å²) in [6.07, 6.45) is 4.76. The fourth-order valence-electron chi connectivity index (χ4n) is 15.0. The van der Waals surface area contributed by atoms with E-state index in [1.54, 1.807) is 30.3 Å². The molecule has 0 saturated carbocycles. The maximum absolute atomic E-state index is 13.2. The number of imide groups is 7. The van der Waals surface area contributed by atoms with Crippen LogP contribution < -0.4 is 42.1 Å². The average molecular weight is 1750 g/mol. The van der Waals surface area contributed by atoms with E-state index in [-0.39, 0.29) is 131 Å². The van der Waals surface area contributed by atoms with Gasteiger partial charge in [-0.2, -0.15) is 0 Å². The molecule has 11 heterocycles. The number of rotatable bonds is 17. The summed E-state index contributed by atoms with van der Waals surface area (Å²) in [5.74, 6) is -10.8. The number of carboxylic acid groups (broad SMARTS) is 1. The van der Waals surface area contributed by atoms with Gasteiger partial charge < -0.3 is 45.1 Å². The Kier molecular flexibility index (Phi) is 32.7. The highest BCUT2D eigenvalue weighted by atomic mass is 35.5. The fourth-order valence-corrected chi connectivity index (χ4v) is 15.0. The van der Waals surface area contributed by atoms with Gasteiger partial charge in [-0.05, 0) is 179 Å². The topological polar surface area (TPSA) is 484 Å². The summed E-state index contributed by atoms with van der Waals surface area (Å²) in [5, 5.41) is 20.7. The van der Waals surface area contributed by atoms with Crippen molar-refractivity contribution < 1.29 is 119 Å². The van der Waals surface area contributed by atoms with Crippen LogP contribution in [0.4, 0.5) is 20.2 Å². The Morgan fingerprint density at radius 1 is 0.411 bits per heavy atom. The van der Waals surface area contributed by atoms with Crippen LogP contribution in [0, 0.1) is 11.6 Å². The van der Waals surface area contributed by atoms with Gasteiger partial charge in [-0.25, -0.2) is 18.4 Å². The van der Waals surface area contributed by atoms with Crippen LogP contribution in [-0.4, -0.2) is 281 Å². The predicted octanol–water partition coefficient (Wildman–Crippen LogP) is 2.96. The first-order valence-electron chi connectivity index (χ1n) is 40.6. The van der Waals surface area contributed by atoms with Crippen LogP contribution >= 0.6 is 12.4 Å². The first kappa shape index (κ1) is 95.8. The van der Waals surface area contributed by atoms with Crippen molar-refractivity contribution in [3.8, 4) is 0 Å². The van der Waals surface area contributed by atoms with Crippen molar-refractivity contribution in [1.29, 1.82) is 0 Å². The molecule has 4 unspecified atom stereocenters. The van der Waals surface area contributed by atoms with Gasteiger partial charge in [0.2, 0.25) is 47.3 Å². The van der Waals surface area contributed by atoms with Crippen molar-refractivity contribution in [2.45, 2.75) is 167 Å². The Morgan fingerprint density at radius 2 is 0.726 bits per heavy atom. The molecule has 11 aliphatic heterocycles. The minimum Gasteiger partial charge on any atom is -0.481 e. The number of ether oxygens (including phenoxy) is 3. The van der Waals surface area contributed by atoms with Crippen molar-refractivity contribution in [2.75, 3.05) is 108 Å². The number of piperidine rings is 4. The van der Waals surface area contributed by atoms with Gasteiger partial charge in [-0.15, -0.1) is 12.4 Å². The Morgan fingerprint density at radius 3 is 1.08 bits per heavy atom. The quantitative estimate of drug-likeness (QED) is 0.0346. The zero-order valence-electron chi connectivity index (χ0n) is 69.5. The highest BCUT2D eigenvalue weighted by Crippen LogP contribution is 2.35. The SMILES string of the molecule is CC(C)(C)OC(=O)CCCN1CCN(c2ccc3c(c2)C(=O)N(C2CCC(=O)NC2=O)C3=O)CC1.CC(C)(C)OC(=O)CCCN1CCNCC1.Cl.NC1CCC(=O)NC1=O.O=C(O)CCCN1CCN(c2ccc3c(c2)C(=O)N(C2CCC(=O)NC2=O)C3=O)CC1.O=C1CCC(N2C(=O)c3ccc(F)cc3C2=O)C(=O)N1.O=C1OC(=O)c2cc(F)ccc21. The number of nitrogens with two attached hydrogens (primary N) is 1. The lowest BCUT2D eigenvalue weighted by molar-refractivity contribution is -0.156. The molecule has 4 aromatic rings. The number of hydrogen-bond acceptors (Lipinski definition) is 29. The summed E-state index contributed by atoms with van der Waals surface area (Å²) in [6, 6.07) is 13.5. The van der Waals surface area contributed by atoms with Crippen molar-refractivity contribution in [3.05, 3.63) is 129 Å². The summed E-state index contributed by atoms with van der Waals surface area (Å²) in [4.78, 5) is 237. The molecule has 40 heteroatoms. The van der Waals surface area contributed by atoms with Crippen LogP contribution in [-0.2, 0) is 67.0 Å². The van der Waals surface area contributed by atoms with Crippen molar-refractivity contribution in [2.24, 2.45) is 5.73 Å². The van der Waals surface area contributed by atoms with Gasteiger partial charge in [-0.3, -0.25) is 127 Å². The van der Waals surface area contributed by atoms with E-state index in [9.17, 15) is 99.9 Å². The van der Waals surface area contributed by atoms with E-state index in [1.807, 2.05) is 47.6 Å². The van der Waals surface area contributed by atoms with Crippen LogP contribution in [0.15, 0.2) is 72.8 Å². The standard InChI is InChI=1S/C25H32N4O6.C21H24N4O6.C13H9FN2O4.C12H24N2O2.C8H3FO3.C5H8N2O2.ClH/c1-25(2,3)35-21(31)5-4-10-27-11-13-28(14-12-27)16-6-7-17-18(15-16)24(34)29(23(17)33)19-8-9-20(30)26-22(19)32;26-17-6-5-16(19(29)22-17)25-20(30)14-4-3-13(12-15(14)21(25)31)24-10-8-23(9-11-24)7-1-2-18(27)28;14-6-1-2-7-8(5-6)13(20)16(12(7)19)9-3-4-10(17)15-11(9)18;1-12(2,3)16-11(15)5-4-8-14-9-6-13-7-10-14;9-4-1-2-5-6(3-4)8(11)12-7(5)10;6-3-1-2-4(8)7-5(3)9;/h6-7,15,19H,4-5,8-14H2,1-3H3,(H,26,30,32);3-4,12,16H,1-2,5-11H2,(H,27,28)(H,22,26,29);1-2,5,9H,3-4H2,(H,15,17,18);13H,4-10H2,1-3H3;1-3H;3H,1-2,6H2,(H,7,8,9);1H. The third-order valence-electron chi connectivity index (χ3n) is 21.2. The number of nitrogens with one attached hydrogen (secondary N) is 5. The number of halogens is 3. The Balaban J connectivity index is 0.000000178. The first-order valence-corrected chi connectivity index (χ1v) is 40.6. The average Bonchev–Trinajstić information content (AvgIpc) is 1.61. The molecule has 124 heavy (non-hydrogen) atoms. The Hall–Kier alpha value is -12.0. The van der Waals surface area contributed by atoms with Crippen LogP contribution in [0.1, 0.15) is 214 Å². The third-order valence-corrected chi connectivity index (χ3v) is 21.2. The lowest BCUT2D eigenvalue weighted by Crippen LogP contribution is -2.54. The molecule has 666 valence electrons. The minimum absolute atomic E-state index is 0. The second-order valence-electron chi connectivity index (χ2n) is 32.5. The smallest absolute Gasteiger partial charge is 0.347 e. The van der Waals surface area contributed by atoms with Gasteiger partial charge in [0.1, 0.15) is 41.0 Å². The van der Waals surface area contributed by atoms with E-state index in [4.69, 9.17) is 20.3 Å². The monoisotopic (exact) mass is 1750 g/mol. The molecule has 0 aromatic heterocycles. The number of carboxylic acids is 1. The molecule has 0 aliphatic carbocycles. The third kappa shape index (κ3) is 25.1. The zero-order valence-corrected chi connectivity index (χ0v) is 70.3. The molecule has 0 radical (unpaired) electrons. The molecule has 7 fully saturated rings. The second kappa shape index (κ2) is 42.4. The molecular weight excluding hydrogens is 1650 g/mol. The van der Waals surface area contributed by atoms with Crippen LogP contribution in [0.2, 0.25) is 0 Å². The number of aliphatic carboxylic acids is 1. The number of cyclic esters (lactones) is 2. The van der Waals surface area contributed by atoms with E-state index >= 15 is 0 Å². The Bertz CT molecular complexity index is 4880. The van der Waals surface area contributed by atoms with E-state index in [0.717, 1.165) is 161 Å². The maximum Gasteiger partial charge on any atom is 0.347 e. The van der Waals surface area contributed by atoms with Gasteiger partial charge in [0.15, 0.2) is 0 Å². The molecule has 15 rings (SSSR count). The summed E-state index contributed by atoms with van der Waals surface area (Å²) in [6.45, 7) is 24.3. The van der Waals surface area contributed by atoms with Crippen molar-refractivity contribution in [3.63, 3.8) is 0 Å². The van der Waals surface area contributed by atoms with Crippen LogP contribution in [0.25, 0.3) is 0 Å². The number of benzene rings is 4. The normalized spacial score (nSPS) is 20.9. The highest BCUT2D eigenvalue weighted by molar-refractivity contribution is 6.26. The van der Waals surface area contributed by atoms with Gasteiger partial charge in [0.25, 0.3) is 35.4 Å². The number of amides is 14. The van der Waals surface area contributed by atoms with Gasteiger partial charge in [0, 0.05) is 135 Å². The van der Waals surface area contributed by atoms with E-state index in [2.05, 4.69) is 55.8 Å². The van der Waals surface area contributed by atoms with Crippen molar-refractivity contribution in [1.82, 2.24) is 56.0 Å². The van der Waals surface area contributed by atoms with Gasteiger partial charge in [-0.1, -0.05) is 0 Å². The van der Waals surface area contributed by atoms with E-state index < -0.39 is 130 Å². The summed E-state index contributed by atoms with van der Waals surface area (Å²) in [7, 11) is 0. The van der Waals surface area contributed by atoms with E-state index in [1.165, 1.54) is 12.1 Å². The molecule has 14 amide bonds. The molecule has 8 N–H and O–H groups in total. The maximum atomic E-state index is 13.2. The number of carbonyl (C=O) groups excluding carboxylic acids is 18. The molecular formula is C84H101ClF2N14O23. The number of hydrogen-bond donors (Lipinski definition) is 7. The largest absolute Gasteiger partial charge is 0.481 e. The highest BCUT2D eigenvalue weighted by Gasteiger charge is 2.48. The molecule has 11 aliphatic rings. The van der Waals surface area contributed by atoms with Crippen LogP contribution in [0.3, 0.4) is 0 Å². The fraction of sp³-hybridized carbons (Fsp3) is 0.488.